The van der Waals surface area contributed by atoms with Gasteiger partial charge in [-0.05, 0) is 69.1 Å². The number of fused-ring (bicyclic) bond motifs is 3. The maximum Gasteiger partial charge on any atom is 0.410 e. The summed E-state index contributed by atoms with van der Waals surface area (Å²) >= 11 is 11.0. The van der Waals surface area contributed by atoms with Gasteiger partial charge in [0.15, 0.2) is 16.1 Å². The highest BCUT2D eigenvalue weighted by molar-refractivity contribution is 9.10. The van der Waals surface area contributed by atoms with Crippen molar-refractivity contribution >= 4 is 62.1 Å². The average molecular weight is 587 g/mol. The molecule has 2 aromatic heterocycles. The van der Waals surface area contributed by atoms with E-state index >= 15 is 4.39 Å². The van der Waals surface area contributed by atoms with Crippen LogP contribution < -0.4 is 4.90 Å². The molecule has 2 fully saturated rings. The summed E-state index contributed by atoms with van der Waals surface area (Å²) in [4.78, 5) is 30.8. The third kappa shape index (κ3) is 4.98. The number of carbonyl (C=O) groups excluding carboxylic acids is 1. The number of carbonyl (C=O) groups is 1. The third-order valence-corrected chi connectivity index (χ3v) is 7.94. The molecule has 35 heavy (non-hydrogen) atoms. The predicted molar refractivity (Wildman–Crippen MR) is 142 cm³/mol. The Kier molecular flexibility index (Phi) is 7.56. The fourth-order valence-corrected chi connectivity index (χ4v) is 6.34. The number of halogens is 3. The molecule has 7 nitrogen and oxygen atoms in total. The molecule has 2 saturated heterocycles. The number of pyridine rings is 1. The molecule has 2 aromatic rings. The fraction of sp³-hybridized carbons (Fsp3) is 0.583. The van der Waals surface area contributed by atoms with Gasteiger partial charge in [0.1, 0.15) is 21.5 Å². The Morgan fingerprint density at radius 1 is 1.31 bits per heavy atom. The van der Waals surface area contributed by atoms with E-state index in [1.165, 1.54) is 11.8 Å². The van der Waals surface area contributed by atoms with Gasteiger partial charge in [0, 0.05) is 6.54 Å². The lowest BCUT2D eigenvalue weighted by atomic mass is 9.95. The van der Waals surface area contributed by atoms with E-state index in [0.29, 0.717) is 27.5 Å². The predicted octanol–water partition coefficient (Wildman–Crippen LogP) is 6.61. The number of hydrogen-bond donors (Lipinski definition) is 0. The van der Waals surface area contributed by atoms with Crippen molar-refractivity contribution in [3.8, 4) is 0 Å². The lowest BCUT2D eigenvalue weighted by Gasteiger charge is -2.48. The van der Waals surface area contributed by atoms with Crippen molar-refractivity contribution in [2.24, 2.45) is 0 Å². The lowest BCUT2D eigenvalue weighted by molar-refractivity contribution is 0.00910. The van der Waals surface area contributed by atoms with Crippen molar-refractivity contribution in [2.75, 3.05) is 17.2 Å². The average Bonchev–Trinajstić information content (AvgIpc) is 3.09. The maximum atomic E-state index is 15.1. The van der Waals surface area contributed by atoms with E-state index in [4.69, 9.17) is 21.3 Å². The smallest absolute Gasteiger partial charge is 0.410 e. The molecule has 2 aliphatic rings. The van der Waals surface area contributed by atoms with Crippen LogP contribution in [0.25, 0.3) is 10.9 Å². The van der Waals surface area contributed by atoms with Crippen LogP contribution in [0.1, 0.15) is 54.4 Å². The molecule has 2 bridgehead atoms. The van der Waals surface area contributed by atoms with Gasteiger partial charge in [-0.25, -0.2) is 24.1 Å². The van der Waals surface area contributed by atoms with Gasteiger partial charge in [-0.1, -0.05) is 41.9 Å². The van der Waals surface area contributed by atoms with Gasteiger partial charge < -0.3 is 9.64 Å². The summed E-state index contributed by atoms with van der Waals surface area (Å²) in [6.07, 6.45) is 3.45. The van der Waals surface area contributed by atoms with Crippen LogP contribution in [-0.4, -0.2) is 62.0 Å². The van der Waals surface area contributed by atoms with E-state index in [-0.39, 0.29) is 34.9 Å². The van der Waals surface area contributed by atoms with Crippen molar-refractivity contribution in [1.29, 1.82) is 0 Å². The molecule has 0 spiro atoms. The van der Waals surface area contributed by atoms with E-state index < -0.39 is 11.4 Å². The van der Waals surface area contributed by atoms with Crippen molar-refractivity contribution in [3.05, 3.63) is 27.2 Å². The first-order valence-electron chi connectivity index (χ1n) is 11.7. The minimum absolute atomic E-state index is 0.0491. The summed E-state index contributed by atoms with van der Waals surface area (Å²) in [5, 5.41) is 0.714. The number of nitrogens with zero attached hydrogens (tertiary/aromatic N) is 5. The van der Waals surface area contributed by atoms with Crippen LogP contribution in [0.4, 0.5) is 15.0 Å². The summed E-state index contributed by atoms with van der Waals surface area (Å²) in [5.74, 6) is 0.663. The molecule has 0 aliphatic carbocycles. The number of thioether (sulfide) groups is 1. The molecule has 0 radical (unpaired) electrons. The quantitative estimate of drug-likeness (QED) is 0.173. The second-order valence-electron chi connectivity index (χ2n) is 9.81. The van der Waals surface area contributed by atoms with Crippen LogP contribution in [-0.2, 0) is 4.74 Å². The number of hydrogen-bond acceptors (Lipinski definition) is 7. The normalized spacial score (nSPS) is 22.8. The number of amides is 1. The number of rotatable bonds is 4. The molecule has 4 rings (SSSR count). The molecule has 0 aromatic carbocycles. The van der Waals surface area contributed by atoms with Gasteiger partial charge in [0.05, 0.1) is 23.5 Å². The fourth-order valence-electron chi connectivity index (χ4n) is 4.96. The highest BCUT2D eigenvalue weighted by Gasteiger charge is 2.50. The largest absolute Gasteiger partial charge is 0.444 e. The second kappa shape index (κ2) is 10.0. The molecule has 3 atom stereocenters. The third-order valence-electron chi connectivity index (χ3n) is 6.39. The number of allylic oxidation sites excluding steroid dienone is 1. The minimum Gasteiger partial charge on any atom is -0.444 e. The van der Waals surface area contributed by atoms with E-state index in [1.54, 1.807) is 0 Å². The first kappa shape index (κ1) is 26.4. The van der Waals surface area contributed by atoms with E-state index in [2.05, 4.69) is 43.8 Å². The second-order valence-corrected chi connectivity index (χ2v) is 12.2. The maximum absolute atomic E-state index is 15.1. The summed E-state index contributed by atoms with van der Waals surface area (Å²) < 4.78 is 21.3. The number of piperazine rings is 1. The number of anilines is 1. The Bertz CT molecular complexity index is 1190. The Balaban J connectivity index is 1.88. The van der Waals surface area contributed by atoms with E-state index in [0.717, 1.165) is 24.2 Å². The van der Waals surface area contributed by atoms with Crippen LogP contribution in [0.5, 0.6) is 0 Å². The first-order chi connectivity index (χ1) is 16.5. The summed E-state index contributed by atoms with van der Waals surface area (Å²) in [5.41, 5.74) is 0.650. The SMILES string of the molecule is C/C=C(\C)[C@H]1[C@@H]2CC[C@H](CN1c1nc(SCC)nc3c(F)c(Cl)nc(Br)c13)N2C(=O)OC(C)(C)C. The van der Waals surface area contributed by atoms with Gasteiger partial charge in [0.2, 0.25) is 0 Å². The molecule has 4 heterocycles. The van der Waals surface area contributed by atoms with Gasteiger partial charge in [-0.2, -0.15) is 0 Å². The molecule has 0 saturated carbocycles. The van der Waals surface area contributed by atoms with Crippen LogP contribution in [0.3, 0.4) is 0 Å². The van der Waals surface area contributed by atoms with Crippen molar-refractivity contribution < 1.29 is 13.9 Å². The van der Waals surface area contributed by atoms with Gasteiger partial charge in [-0.3, -0.25) is 4.90 Å². The van der Waals surface area contributed by atoms with E-state index in [1.807, 2.05) is 39.5 Å². The summed E-state index contributed by atoms with van der Waals surface area (Å²) in [6, 6.07) is -0.308. The van der Waals surface area contributed by atoms with Gasteiger partial charge in [0.25, 0.3) is 0 Å². The van der Waals surface area contributed by atoms with Crippen molar-refractivity contribution in [2.45, 2.75) is 83.3 Å². The highest BCUT2D eigenvalue weighted by Crippen LogP contribution is 2.43. The zero-order chi connectivity index (χ0) is 25.7. The summed E-state index contributed by atoms with van der Waals surface area (Å²) in [6.45, 7) is 12.2. The Labute approximate surface area is 223 Å². The van der Waals surface area contributed by atoms with E-state index in [9.17, 15) is 4.79 Å². The van der Waals surface area contributed by atoms with Crippen molar-refractivity contribution in [3.63, 3.8) is 0 Å². The lowest BCUT2D eigenvalue weighted by Crippen LogP contribution is -2.62. The Morgan fingerprint density at radius 2 is 2.03 bits per heavy atom. The van der Waals surface area contributed by atoms with Crippen LogP contribution >= 0.6 is 39.3 Å². The Morgan fingerprint density at radius 3 is 2.66 bits per heavy atom. The van der Waals surface area contributed by atoms with Crippen LogP contribution in [0, 0.1) is 5.82 Å². The number of aromatic nitrogens is 3. The molecule has 11 heteroatoms. The van der Waals surface area contributed by atoms with Gasteiger partial charge in [-0.15, -0.1) is 0 Å². The van der Waals surface area contributed by atoms with Crippen LogP contribution in [0.15, 0.2) is 21.4 Å². The summed E-state index contributed by atoms with van der Waals surface area (Å²) in [7, 11) is 0. The topological polar surface area (TPSA) is 71.5 Å². The zero-order valence-electron chi connectivity index (χ0n) is 20.7. The molecule has 0 unspecified atom stereocenters. The molecule has 190 valence electrons. The molecular formula is C24H30BrClFN5O2S. The molecule has 1 amide bonds. The molecular weight excluding hydrogens is 557 g/mol. The zero-order valence-corrected chi connectivity index (χ0v) is 23.9. The highest BCUT2D eigenvalue weighted by atomic mass is 79.9. The standard InChI is InChI=1S/C24H30BrClFN5O2S/c1-7-12(3)18-14-10-9-13(32(14)23(33)34-24(4,5)6)11-31(18)21-15-17(28-22(30-21)35-8-2)16(27)20(26)29-19(15)25/h7,13-14,18H,8-11H2,1-6H3/b12-7+/t13-,14+,18+/m1/s1. The molecule has 0 N–H and O–H groups in total. The Hall–Kier alpha value is -1.65. The first-order valence-corrected chi connectivity index (χ1v) is 13.9. The van der Waals surface area contributed by atoms with Gasteiger partial charge >= 0.3 is 6.09 Å². The van der Waals surface area contributed by atoms with Crippen molar-refractivity contribution in [1.82, 2.24) is 19.9 Å². The van der Waals surface area contributed by atoms with Crippen LogP contribution in [0.2, 0.25) is 5.15 Å². The number of ether oxygens (including phenoxy) is 1. The monoisotopic (exact) mass is 585 g/mol. The molecule has 2 aliphatic heterocycles. The minimum atomic E-state index is -0.666.